The van der Waals surface area contributed by atoms with Crippen LogP contribution in [0.25, 0.3) is 22.2 Å². The van der Waals surface area contributed by atoms with Crippen LogP contribution in [-0.4, -0.2) is 60.7 Å². The highest BCUT2D eigenvalue weighted by Gasteiger charge is 2.27. The number of amides is 2. The molecule has 1 aliphatic heterocycles. The quantitative estimate of drug-likeness (QED) is 0.343. The van der Waals surface area contributed by atoms with E-state index in [2.05, 4.69) is 25.3 Å². The van der Waals surface area contributed by atoms with E-state index in [-0.39, 0.29) is 52.6 Å². The van der Waals surface area contributed by atoms with E-state index < -0.39 is 27.5 Å². The second-order valence-corrected chi connectivity index (χ2v) is 12.1. The molecule has 3 heterocycles. The van der Waals surface area contributed by atoms with Gasteiger partial charge in [-0.3, -0.25) is 0 Å². The predicted molar refractivity (Wildman–Crippen MR) is 142 cm³/mol. The Morgan fingerprint density at radius 2 is 1.82 bits per heavy atom. The molecular weight excluding hydrogens is 533 g/mol. The summed E-state index contributed by atoms with van der Waals surface area (Å²) in [6.07, 6.45) is 7.39. The Balaban J connectivity index is 1.43. The minimum absolute atomic E-state index is 0.0536. The summed E-state index contributed by atoms with van der Waals surface area (Å²) in [5.41, 5.74) is 0.739. The first kappa shape index (κ1) is 27.3. The van der Waals surface area contributed by atoms with Crippen molar-refractivity contribution in [3.8, 4) is 11.3 Å². The van der Waals surface area contributed by atoms with Crippen molar-refractivity contribution in [1.82, 2.24) is 24.9 Å². The summed E-state index contributed by atoms with van der Waals surface area (Å²) in [5, 5.41) is 6.43. The van der Waals surface area contributed by atoms with Crippen molar-refractivity contribution < 1.29 is 26.4 Å². The molecule has 1 aliphatic carbocycles. The number of H-pyrrole nitrogens is 1. The van der Waals surface area contributed by atoms with Crippen molar-refractivity contribution in [3.63, 3.8) is 0 Å². The molecule has 1 saturated heterocycles. The minimum Gasteiger partial charge on any atom is -0.365 e. The number of pyridine rings is 1. The molecule has 0 spiro atoms. The third kappa shape index (κ3) is 6.30. The number of rotatable bonds is 7. The predicted octanol–water partition coefficient (Wildman–Crippen LogP) is 4.22. The summed E-state index contributed by atoms with van der Waals surface area (Å²) in [7, 11) is -3.61. The van der Waals surface area contributed by atoms with E-state index >= 15 is 4.39 Å². The molecular formula is C26H31F3N6O3S. The van der Waals surface area contributed by atoms with E-state index in [0.29, 0.717) is 12.0 Å². The fourth-order valence-electron chi connectivity index (χ4n) is 5.39. The Hall–Kier alpha value is -3.32. The lowest BCUT2D eigenvalue weighted by molar-refractivity contribution is 0.199. The van der Waals surface area contributed by atoms with Crippen LogP contribution in [0.1, 0.15) is 44.1 Å². The smallest absolute Gasteiger partial charge is 0.317 e. The lowest BCUT2D eigenvalue weighted by atomic mass is 9.91. The largest absolute Gasteiger partial charge is 0.365 e. The second kappa shape index (κ2) is 11.0. The van der Waals surface area contributed by atoms with Crippen LogP contribution < -0.4 is 15.4 Å². The lowest BCUT2D eigenvalue weighted by Gasteiger charge is -2.32. The number of benzene rings is 1. The molecule has 2 fully saturated rings. The van der Waals surface area contributed by atoms with Gasteiger partial charge in [-0.25, -0.2) is 36.1 Å². The SMILES string of the molecule is CS(=O)(=O)NCc1cc(F)c(N[C@@H]2CCC[C@H](NC(=O)N3CCCC3)C2)nc1-c1c[nH]c2c(F)cc(F)cc12. The third-order valence-electron chi connectivity index (χ3n) is 7.28. The van der Waals surface area contributed by atoms with Crippen molar-refractivity contribution in [1.29, 1.82) is 0 Å². The van der Waals surface area contributed by atoms with E-state index in [4.69, 9.17) is 0 Å². The van der Waals surface area contributed by atoms with Gasteiger partial charge in [-0.05, 0) is 56.2 Å². The van der Waals surface area contributed by atoms with E-state index in [1.807, 2.05) is 0 Å². The number of sulfonamides is 1. The monoisotopic (exact) mass is 564 g/mol. The molecule has 1 aromatic carbocycles. The van der Waals surface area contributed by atoms with Gasteiger partial charge in [0.25, 0.3) is 0 Å². The van der Waals surface area contributed by atoms with Gasteiger partial charge >= 0.3 is 6.03 Å². The van der Waals surface area contributed by atoms with Crippen LogP contribution in [0, 0.1) is 17.5 Å². The van der Waals surface area contributed by atoms with Crippen molar-refractivity contribution in [2.24, 2.45) is 0 Å². The molecule has 39 heavy (non-hydrogen) atoms. The van der Waals surface area contributed by atoms with E-state index in [1.54, 1.807) is 4.90 Å². The minimum atomic E-state index is -3.61. The van der Waals surface area contributed by atoms with Gasteiger partial charge in [0.15, 0.2) is 11.6 Å². The van der Waals surface area contributed by atoms with Crippen LogP contribution in [0.4, 0.5) is 23.8 Å². The molecule has 0 bridgehead atoms. The Labute approximate surface area is 224 Å². The molecule has 5 rings (SSSR count). The maximum absolute atomic E-state index is 15.3. The fraction of sp³-hybridized carbons (Fsp3) is 0.462. The Morgan fingerprint density at radius 3 is 2.56 bits per heavy atom. The first-order valence-electron chi connectivity index (χ1n) is 13.0. The van der Waals surface area contributed by atoms with Gasteiger partial charge in [-0.1, -0.05) is 0 Å². The fourth-order valence-corrected chi connectivity index (χ4v) is 5.80. The van der Waals surface area contributed by atoms with Crippen molar-refractivity contribution >= 4 is 32.8 Å². The van der Waals surface area contributed by atoms with E-state index in [9.17, 15) is 22.0 Å². The summed E-state index contributed by atoms with van der Waals surface area (Å²) < 4.78 is 69.5. The lowest BCUT2D eigenvalue weighted by Crippen LogP contribution is -2.47. The molecule has 2 aromatic heterocycles. The highest BCUT2D eigenvalue weighted by Crippen LogP contribution is 2.34. The third-order valence-corrected chi connectivity index (χ3v) is 7.95. The number of aromatic nitrogens is 2. The Bertz CT molecular complexity index is 1490. The van der Waals surface area contributed by atoms with Crippen LogP contribution in [-0.2, 0) is 16.6 Å². The summed E-state index contributed by atoms with van der Waals surface area (Å²) in [4.78, 5) is 21.6. The standard InChI is InChI=1S/C26H31F3N6O3S/c1-39(37,38)31-13-15-9-22(29)25(34-23(15)20-14-30-24-19(20)10-16(27)11-21(24)28)32-17-5-4-6-18(12-17)33-26(36)35-7-2-3-8-35/h9-11,14,17-18,30-31H,2-8,12-13H2,1H3,(H,32,34)(H,33,36)/t17-,18+/m1/s1. The van der Waals surface area contributed by atoms with Gasteiger partial charge in [0, 0.05) is 54.9 Å². The Kier molecular flexibility index (Phi) is 7.72. The van der Waals surface area contributed by atoms with Crippen LogP contribution in [0.2, 0.25) is 0 Å². The molecule has 3 aromatic rings. The van der Waals surface area contributed by atoms with Gasteiger partial charge in [-0.2, -0.15) is 0 Å². The number of anilines is 1. The zero-order chi connectivity index (χ0) is 27.7. The molecule has 2 aliphatic rings. The molecule has 1 saturated carbocycles. The summed E-state index contributed by atoms with van der Waals surface area (Å²) in [6.45, 7) is 1.23. The number of urea groups is 1. The first-order valence-corrected chi connectivity index (χ1v) is 14.9. The van der Waals surface area contributed by atoms with Gasteiger partial charge in [0.05, 0.1) is 17.5 Å². The van der Waals surface area contributed by atoms with E-state index in [1.165, 1.54) is 12.3 Å². The van der Waals surface area contributed by atoms with Gasteiger partial charge < -0.3 is 20.5 Å². The molecule has 0 radical (unpaired) electrons. The zero-order valence-corrected chi connectivity index (χ0v) is 22.3. The maximum atomic E-state index is 15.3. The molecule has 13 heteroatoms. The molecule has 2 amide bonds. The number of halogens is 3. The van der Waals surface area contributed by atoms with Crippen molar-refractivity contribution in [3.05, 3.63) is 47.4 Å². The van der Waals surface area contributed by atoms with E-state index in [0.717, 1.165) is 63.6 Å². The highest BCUT2D eigenvalue weighted by atomic mass is 32.2. The summed E-state index contributed by atoms with van der Waals surface area (Å²) in [5.74, 6) is -2.33. The number of aromatic amines is 1. The maximum Gasteiger partial charge on any atom is 0.317 e. The number of hydrogen-bond acceptors (Lipinski definition) is 5. The number of carbonyl (C=O) groups is 1. The highest BCUT2D eigenvalue weighted by molar-refractivity contribution is 7.88. The Morgan fingerprint density at radius 1 is 1.08 bits per heavy atom. The van der Waals surface area contributed by atoms with Gasteiger partial charge in [0.2, 0.25) is 10.0 Å². The number of nitrogens with zero attached hydrogens (tertiary/aromatic N) is 2. The molecule has 210 valence electrons. The van der Waals surface area contributed by atoms with Crippen LogP contribution in [0.15, 0.2) is 24.4 Å². The first-order chi connectivity index (χ1) is 18.6. The summed E-state index contributed by atoms with van der Waals surface area (Å²) in [6, 6.07) is 2.76. The average Bonchev–Trinajstić information content (AvgIpc) is 3.55. The number of fused-ring (bicyclic) bond motifs is 1. The molecule has 4 N–H and O–H groups in total. The van der Waals surface area contributed by atoms with Crippen molar-refractivity contribution in [2.45, 2.75) is 57.2 Å². The normalized spacial score (nSPS) is 19.9. The average molecular weight is 565 g/mol. The topological polar surface area (TPSA) is 119 Å². The zero-order valence-electron chi connectivity index (χ0n) is 21.5. The van der Waals surface area contributed by atoms with Crippen LogP contribution in [0.3, 0.4) is 0 Å². The number of hydrogen-bond donors (Lipinski definition) is 4. The van der Waals surface area contributed by atoms with Gasteiger partial charge in [-0.15, -0.1) is 0 Å². The van der Waals surface area contributed by atoms with Gasteiger partial charge in [0.1, 0.15) is 11.6 Å². The number of likely N-dealkylation sites (tertiary alicyclic amines) is 1. The number of nitrogens with one attached hydrogen (secondary N) is 4. The molecule has 2 atom stereocenters. The van der Waals surface area contributed by atoms with Crippen LogP contribution in [0.5, 0.6) is 0 Å². The second-order valence-electron chi connectivity index (χ2n) is 10.3. The molecule has 0 unspecified atom stereocenters. The van der Waals surface area contributed by atoms with Crippen LogP contribution >= 0.6 is 0 Å². The molecule has 9 nitrogen and oxygen atoms in total. The number of carbonyl (C=O) groups excluding carboxylic acids is 1. The summed E-state index contributed by atoms with van der Waals surface area (Å²) >= 11 is 0. The van der Waals surface area contributed by atoms with Crippen molar-refractivity contribution in [2.75, 3.05) is 24.7 Å².